The van der Waals surface area contributed by atoms with Gasteiger partial charge in [-0.05, 0) is 74.1 Å². The highest BCUT2D eigenvalue weighted by molar-refractivity contribution is 5.98. The maximum Gasteiger partial charge on any atom is 0.229 e. The number of imide groups is 1. The Bertz CT molecular complexity index is 1170. The van der Waals surface area contributed by atoms with Gasteiger partial charge in [-0.1, -0.05) is 216 Å². The minimum absolute atomic E-state index is 0.101. The van der Waals surface area contributed by atoms with Crippen molar-refractivity contribution in [1.29, 1.82) is 0 Å². The second-order valence-corrected chi connectivity index (χ2v) is 15.9. The van der Waals surface area contributed by atoms with Gasteiger partial charge < -0.3 is 0 Å². The summed E-state index contributed by atoms with van der Waals surface area (Å²) in [7, 11) is 0. The molecular formula is C52H93NO3. The molecule has 2 atom stereocenters. The van der Waals surface area contributed by atoms with E-state index in [1.165, 1.54) is 74.7 Å². The Morgan fingerprint density at radius 2 is 1.16 bits per heavy atom. The van der Waals surface area contributed by atoms with E-state index in [-0.39, 0.29) is 36.0 Å². The molecule has 56 heavy (non-hydrogen) atoms. The van der Waals surface area contributed by atoms with Crippen molar-refractivity contribution in [2.75, 3.05) is 0 Å². The molecule has 0 aliphatic heterocycles. The SMILES string of the molecule is CC(C)C.CCC.CCC(Cc1ccccc1)N(C=O)C(=O)CC/C=C/CC(C(=O)c1ccc(C)c(C)c1)C(C)C.CCCC.CCCC.CCCCCCC. The fourth-order valence-corrected chi connectivity index (χ4v) is 4.84. The Morgan fingerprint density at radius 3 is 1.55 bits per heavy atom. The number of aryl methyl sites for hydroxylation is 2. The van der Waals surface area contributed by atoms with Crippen LogP contribution < -0.4 is 0 Å². The van der Waals surface area contributed by atoms with Crippen molar-refractivity contribution in [3.8, 4) is 0 Å². The third kappa shape index (κ3) is 35.4. The Morgan fingerprint density at radius 1 is 0.661 bits per heavy atom. The number of hydrogen-bond acceptors (Lipinski definition) is 3. The van der Waals surface area contributed by atoms with Crippen LogP contribution in [0, 0.1) is 31.6 Å². The van der Waals surface area contributed by atoms with Crippen LogP contribution in [0.15, 0.2) is 60.7 Å². The fourth-order valence-electron chi connectivity index (χ4n) is 4.84. The highest BCUT2D eigenvalue weighted by atomic mass is 16.2. The number of nitrogens with zero attached hydrogens (tertiary/aromatic N) is 1. The smallest absolute Gasteiger partial charge is 0.229 e. The Kier molecular flexibility index (Phi) is 46.0. The van der Waals surface area contributed by atoms with Gasteiger partial charge in [0.15, 0.2) is 5.78 Å². The summed E-state index contributed by atoms with van der Waals surface area (Å²) in [4.78, 5) is 38.8. The minimum atomic E-state index is -0.158. The zero-order valence-corrected chi connectivity index (χ0v) is 39.9. The number of ketones is 1. The fraction of sp³-hybridized carbons (Fsp3) is 0.673. The second kappa shape index (κ2) is 43.1. The lowest BCUT2D eigenvalue weighted by molar-refractivity contribution is -0.140. The maximum absolute atomic E-state index is 13.1. The summed E-state index contributed by atoms with van der Waals surface area (Å²) in [6.45, 7) is 34.2. The van der Waals surface area contributed by atoms with Crippen LogP contribution in [0.1, 0.15) is 214 Å². The highest BCUT2D eigenvalue weighted by Crippen LogP contribution is 2.23. The van der Waals surface area contributed by atoms with Gasteiger partial charge in [0.05, 0.1) is 0 Å². The Labute approximate surface area is 350 Å². The van der Waals surface area contributed by atoms with Crippen molar-refractivity contribution >= 4 is 18.1 Å². The van der Waals surface area contributed by atoms with Crippen LogP contribution >= 0.6 is 0 Å². The Balaban J connectivity index is -0.000000500. The molecule has 0 radical (unpaired) electrons. The lowest BCUT2D eigenvalue weighted by atomic mass is 9.84. The van der Waals surface area contributed by atoms with Crippen LogP contribution in [0.25, 0.3) is 0 Å². The molecule has 2 unspecified atom stereocenters. The quantitative estimate of drug-likeness (QED) is 0.0617. The first-order valence-corrected chi connectivity index (χ1v) is 22.7. The van der Waals surface area contributed by atoms with E-state index in [9.17, 15) is 14.4 Å². The predicted molar refractivity (Wildman–Crippen MR) is 251 cm³/mol. The minimum Gasteiger partial charge on any atom is -0.294 e. The summed E-state index contributed by atoms with van der Waals surface area (Å²) in [5, 5.41) is 0. The summed E-state index contributed by atoms with van der Waals surface area (Å²) in [6.07, 6.45) is 21.0. The molecule has 0 saturated carbocycles. The molecular weight excluding hydrogens is 687 g/mol. The van der Waals surface area contributed by atoms with E-state index in [0.717, 1.165) is 22.6 Å². The summed E-state index contributed by atoms with van der Waals surface area (Å²) in [5.74, 6) is 0.955. The van der Waals surface area contributed by atoms with Gasteiger partial charge in [-0.2, -0.15) is 0 Å². The largest absolute Gasteiger partial charge is 0.294 e. The topological polar surface area (TPSA) is 54.5 Å². The highest BCUT2D eigenvalue weighted by Gasteiger charge is 2.23. The van der Waals surface area contributed by atoms with Crippen molar-refractivity contribution in [2.45, 2.75) is 213 Å². The molecule has 0 bridgehead atoms. The van der Waals surface area contributed by atoms with Crippen molar-refractivity contribution < 1.29 is 14.4 Å². The van der Waals surface area contributed by atoms with Crippen LogP contribution in [0.3, 0.4) is 0 Å². The normalized spacial score (nSPS) is 11.2. The summed E-state index contributed by atoms with van der Waals surface area (Å²) >= 11 is 0. The number of allylic oxidation sites excluding steroid dienone is 2. The maximum atomic E-state index is 13.1. The van der Waals surface area contributed by atoms with Crippen molar-refractivity contribution in [2.24, 2.45) is 17.8 Å². The van der Waals surface area contributed by atoms with E-state index in [0.29, 0.717) is 32.1 Å². The number of carbonyl (C=O) groups is 3. The van der Waals surface area contributed by atoms with Gasteiger partial charge in [-0.25, -0.2) is 0 Å². The lowest BCUT2D eigenvalue weighted by Crippen LogP contribution is -2.40. The number of amides is 2. The van der Waals surface area contributed by atoms with Crippen LogP contribution in [0.5, 0.6) is 0 Å². The van der Waals surface area contributed by atoms with E-state index < -0.39 is 0 Å². The van der Waals surface area contributed by atoms with Gasteiger partial charge in [0.2, 0.25) is 12.3 Å². The first-order valence-electron chi connectivity index (χ1n) is 22.7. The van der Waals surface area contributed by atoms with Gasteiger partial charge in [0, 0.05) is 23.9 Å². The third-order valence-corrected chi connectivity index (χ3v) is 8.80. The zero-order chi connectivity index (χ0) is 43.7. The van der Waals surface area contributed by atoms with Gasteiger partial charge in [0.1, 0.15) is 0 Å². The van der Waals surface area contributed by atoms with Gasteiger partial charge in [-0.15, -0.1) is 0 Å². The van der Waals surface area contributed by atoms with E-state index in [1.54, 1.807) is 0 Å². The predicted octanol–water partition coefficient (Wildman–Crippen LogP) is 16.2. The first kappa shape index (κ1) is 59.7. The summed E-state index contributed by atoms with van der Waals surface area (Å²) in [6, 6.07) is 15.7. The van der Waals surface area contributed by atoms with Crippen LogP contribution in [-0.4, -0.2) is 29.0 Å². The monoisotopic (exact) mass is 780 g/mol. The molecule has 0 N–H and O–H groups in total. The molecule has 324 valence electrons. The molecule has 4 nitrogen and oxygen atoms in total. The first-order chi connectivity index (χ1) is 26.7. The van der Waals surface area contributed by atoms with Crippen molar-refractivity contribution in [1.82, 2.24) is 4.90 Å². The summed E-state index contributed by atoms with van der Waals surface area (Å²) in [5.41, 5.74) is 4.18. The van der Waals surface area contributed by atoms with E-state index >= 15 is 0 Å². The zero-order valence-electron chi connectivity index (χ0n) is 39.9. The molecule has 4 heteroatoms. The van der Waals surface area contributed by atoms with Crippen LogP contribution in [-0.2, 0) is 16.0 Å². The molecule has 0 aromatic heterocycles. The third-order valence-electron chi connectivity index (χ3n) is 8.80. The van der Waals surface area contributed by atoms with E-state index in [4.69, 9.17) is 0 Å². The molecule has 2 rings (SSSR count). The van der Waals surface area contributed by atoms with Gasteiger partial charge in [-0.3, -0.25) is 19.3 Å². The standard InChI is InChI=1S/C30H39NO3.C7H16.3C4H10.C3H8/c1-6-27(20-25-13-9-7-10-14-25)31(21-32)29(33)16-12-8-11-15-28(22(2)3)30(34)26-18-17-23(4)24(5)19-26;1-3-5-7-6-4-2;1-4(2)3;2*1-3-4-2;1-3-2/h7-11,13-14,17-19,21-22,27-28H,6,12,15-16,20H2,1-5H3;3-7H2,1-2H3;4H,1-3H3;2*3-4H2,1-2H3;3H2,1-2H3/b11-8+;;;;;. The molecule has 0 heterocycles. The second-order valence-electron chi connectivity index (χ2n) is 15.9. The van der Waals surface area contributed by atoms with Gasteiger partial charge >= 0.3 is 0 Å². The van der Waals surface area contributed by atoms with E-state index in [2.05, 4.69) is 90.0 Å². The molecule has 0 aliphatic rings. The number of unbranched alkanes of at least 4 members (excludes halogenated alkanes) is 6. The molecule has 2 aromatic rings. The number of rotatable bonds is 19. The molecule has 0 fully saturated rings. The van der Waals surface area contributed by atoms with Crippen molar-refractivity contribution in [3.05, 3.63) is 82.9 Å². The average molecular weight is 780 g/mol. The number of hydrogen-bond donors (Lipinski definition) is 0. The van der Waals surface area contributed by atoms with Gasteiger partial charge in [0.25, 0.3) is 0 Å². The summed E-state index contributed by atoms with van der Waals surface area (Å²) < 4.78 is 0. The lowest BCUT2D eigenvalue weighted by Gasteiger charge is -2.26. The molecule has 2 aromatic carbocycles. The van der Waals surface area contributed by atoms with Crippen LogP contribution in [0.4, 0.5) is 0 Å². The average Bonchev–Trinajstić information content (AvgIpc) is 3.18. The van der Waals surface area contributed by atoms with Crippen LogP contribution in [0.2, 0.25) is 0 Å². The van der Waals surface area contributed by atoms with Crippen molar-refractivity contribution in [3.63, 3.8) is 0 Å². The number of benzene rings is 2. The number of carbonyl (C=O) groups excluding carboxylic acids is 3. The Hall–Kier alpha value is -3.01. The molecule has 0 saturated heterocycles. The molecule has 0 spiro atoms. The number of Topliss-reactive ketones (excluding diaryl/α,β-unsaturated/α-hetero) is 1. The molecule has 0 aliphatic carbocycles. The van der Waals surface area contributed by atoms with E-state index in [1.807, 2.05) is 81.5 Å². The molecule has 2 amide bonds.